The van der Waals surface area contributed by atoms with Gasteiger partial charge in [0.2, 0.25) is 0 Å². The smallest absolute Gasteiger partial charge is 0.272 e. The molecule has 1 amide bonds. The lowest BCUT2D eigenvalue weighted by molar-refractivity contribution is 0.102. The summed E-state index contributed by atoms with van der Waals surface area (Å²) in [5, 5.41) is 11.7. The van der Waals surface area contributed by atoms with E-state index in [0.717, 1.165) is 0 Å². The summed E-state index contributed by atoms with van der Waals surface area (Å²) >= 11 is 0. The molecule has 2 rings (SSSR count). The predicted molar refractivity (Wildman–Crippen MR) is 56.9 cm³/mol. The quantitative estimate of drug-likeness (QED) is 0.652. The Morgan fingerprint density at radius 1 is 1.20 bits per heavy atom. The van der Waals surface area contributed by atoms with E-state index in [4.69, 9.17) is 5.11 Å². The molecule has 0 fully saturated rings. The number of benzene rings is 1. The Hall–Kier alpha value is -2.23. The molecule has 2 aromatic rings. The van der Waals surface area contributed by atoms with Crippen LogP contribution in [0.5, 0.6) is 5.75 Å². The molecule has 0 spiro atoms. The number of anilines is 1. The van der Waals surface area contributed by atoms with E-state index in [1.54, 1.807) is 30.5 Å². The Morgan fingerprint density at radius 2 is 1.93 bits per heavy atom. The first-order valence-corrected chi connectivity index (χ1v) is 4.49. The van der Waals surface area contributed by atoms with E-state index in [0.29, 0.717) is 11.4 Å². The minimum Gasteiger partial charge on any atom is -0.508 e. The Bertz CT molecular complexity index is 446. The molecule has 0 bridgehead atoms. The third kappa shape index (κ3) is 2.17. The maximum Gasteiger partial charge on any atom is 0.272 e. The molecule has 15 heavy (non-hydrogen) atoms. The Labute approximate surface area is 86.6 Å². The number of aromatic nitrogens is 1. The van der Waals surface area contributed by atoms with Gasteiger partial charge in [-0.05, 0) is 36.4 Å². The van der Waals surface area contributed by atoms with Crippen molar-refractivity contribution in [3.63, 3.8) is 0 Å². The number of H-pyrrole nitrogens is 1. The molecule has 1 aromatic heterocycles. The lowest BCUT2D eigenvalue weighted by Crippen LogP contribution is -2.11. The van der Waals surface area contributed by atoms with E-state index < -0.39 is 0 Å². The number of rotatable bonds is 2. The zero-order valence-corrected chi connectivity index (χ0v) is 7.90. The number of hydrogen-bond acceptors (Lipinski definition) is 2. The normalized spacial score (nSPS) is 9.87. The van der Waals surface area contributed by atoms with Gasteiger partial charge in [-0.25, -0.2) is 0 Å². The van der Waals surface area contributed by atoms with Gasteiger partial charge in [-0.2, -0.15) is 0 Å². The van der Waals surface area contributed by atoms with Crippen molar-refractivity contribution in [1.82, 2.24) is 4.98 Å². The summed E-state index contributed by atoms with van der Waals surface area (Å²) in [5.74, 6) is -0.0291. The first kappa shape index (κ1) is 9.33. The summed E-state index contributed by atoms with van der Waals surface area (Å²) in [6.07, 6.45) is 1.69. The molecule has 0 unspecified atom stereocenters. The van der Waals surface area contributed by atoms with E-state index in [1.165, 1.54) is 12.1 Å². The van der Waals surface area contributed by atoms with Crippen LogP contribution in [0.4, 0.5) is 5.69 Å². The number of phenols is 1. The Balaban J connectivity index is 2.09. The van der Waals surface area contributed by atoms with Gasteiger partial charge in [0.25, 0.3) is 5.91 Å². The number of aromatic amines is 1. The van der Waals surface area contributed by atoms with E-state index in [2.05, 4.69) is 10.3 Å². The van der Waals surface area contributed by atoms with Gasteiger partial charge < -0.3 is 15.4 Å². The van der Waals surface area contributed by atoms with Crippen molar-refractivity contribution in [1.29, 1.82) is 0 Å². The van der Waals surface area contributed by atoms with Crippen LogP contribution in [0, 0.1) is 0 Å². The topological polar surface area (TPSA) is 65.1 Å². The van der Waals surface area contributed by atoms with Crippen LogP contribution in [0.25, 0.3) is 0 Å². The summed E-state index contributed by atoms with van der Waals surface area (Å²) in [7, 11) is 0. The minimum atomic E-state index is -0.203. The second kappa shape index (κ2) is 3.88. The molecule has 1 aromatic carbocycles. The van der Waals surface area contributed by atoms with Gasteiger partial charge in [0.05, 0.1) is 0 Å². The Kier molecular flexibility index (Phi) is 2.41. The van der Waals surface area contributed by atoms with Crippen LogP contribution in [0.1, 0.15) is 10.5 Å². The van der Waals surface area contributed by atoms with E-state index in [9.17, 15) is 4.79 Å². The zero-order chi connectivity index (χ0) is 10.7. The van der Waals surface area contributed by atoms with Crippen LogP contribution in [0.15, 0.2) is 42.6 Å². The molecule has 0 radical (unpaired) electrons. The molecule has 0 saturated carbocycles. The van der Waals surface area contributed by atoms with Crippen LogP contribution in [0.2, 0.25) is 0 Å². The minimum absolute atomic E-state index is 0.174. The summed E-state index contributed by atoms with van der Waals surface area (Å²) < 4.78 is 0. The first-order valence-electron chi connectivity index (χ1n) is 4.49. The maximum atomic E-state index is 11.6. The highest BCUT2D eigenvalue weighted by atomic mass is 16.3. The lowest BCUT2D eigenvalue weighted by Gasteiger charge is -2.03. The first-order chi connectivity index (χ1) is 7.25. The molecule has 0 atom stereocenters. The highest BCUT2D eigenvalue weighted by Crippen LogP contribution is 2.14. The summed E-state index contributed by atoms with van der Waals surface area (Å²) in [5.41, 5.74) is 1.15. The fourth-order valence-electron chi connectivity index (χ4n) is 1.21. The standard InChI is InChI=1S/C11H10N2O2/c14-9-5-3-8(4-6-9)13-11(15)10-2-1-7-12-10/h1-7,12,14H,(H,13,15). The van der Waals surface area contributed by atoms with E-state index >= 15 is 0 Å². The number of nitrogens with one attached hydrogen (secondary N) is 2. The van der Waals surface area contributed by atoms with Gasteiger partial charge in [-0.15, -0.1) is 0 Å². The van der Waals surface area contributed by atoms with E-state index in [1.807, 2.05) is 0 Å². The van der Waals surface area contributed by atoms with Crippen molar-refractivity contribution in [3.8, 4) is 5.75 Å². The highest BCUT2D eigenvalue weighted by Gasteiger charge is 2.05. The SMILES string of the molecule is O=C(Nc1ccc(O)cc1)c1ccc[nH]1. The number of carbonyl (C=O) groups excluding carboxylic acids is 1. The number of aromatic hydroxyl groups is 1. The van der Waals surface area contributed by atoms with Gasteiger partial charge >= 0.3 is 0 Å². The zero-order valence-electron chi connectivity index (χ0n) is 7.90. The fourth-order valence-corrected chi connectivity index (χ4v) is 1.21. The highest BCUT2D eigenvalue weighted by molar-refractivity contribution is 6.02. The van der Waals surface area contributed by atoms with Crippen LogP contribution >= 0.6 is 0 Å². The van der Waals surface area contributed by atoms with Crippen molar-refractivity contribution in [2.45, 2.75) is 0 Å². The van der Waals surface area contributed by atoms with Gasteiger partial charge in [0.15, 0.2) is 0 Å². The van der Waals surface area contributed by atoms with Crippen molar-refractivity contribution in [2.75, 3.05) is 5.32 Å². The average molecular weight is 202 g/mol. The molecule has 4 heteroatoms. The van der Waals surface area contributed by atoms with Crippen LogP contribution in [0.3, 0.4) is 0 Å². The molecule has 0 aliphatic rings. The Morgan fingerprint density at radius 3 is 2.53 bits per heavy atom. The third-order valence-electron chi connectivity index (χ3n) is 1.97. The average Bonchev–Trinajstić information content (AvgIpc) is 2.74. The molecule has 0 aliphatic heterocycles. The van der Waals surface area contributed by atoms with Crippen LogP contribution in [-0.2, 0) is 0 Å². The summed E-state index contributed by atoms with van der Waals surface area (Å²) in [4.78, 5) is 14.4. The number of hydrogen-bond donors (Lipinski definition) is 3. The van der Waals surface area contributed by atoms with Crippen molar-refractivity contribution in [3.05, 3.63) is 48.3 Å². The molecule has 3 N–H and O–H groups in total. The molecule has 0 aliphatic carbocycles. The molecule has 76 valence electrons. The monoisotopic (exact) mass is 202 g/mol. The van der Waals surface area contributed by atoms with Crippen molar-refractivity contribution < 1.29 is 9.90 Å². The fraction of sp³-hybridized carbons (Fsp3) is 0. The molecule has 4 nitrogen and oxygen atoms in total. The summed E-state index contributed by atoms with van der Waals surface area (Å²) in [6.45, 7) is 0. The van der Waals surface area contributed by atoms with Crippen molar-refractivity contribution in [2.24, 2.45) is 0 Å². The third-order valence-corrected chi connectivity index (χ3v) is 1.97. The second-order valence-corrected chi connectivity index (χ2v) is 3.08. The van der Waals surface area contributed by atoms with Crippen LogP contribution in [-0.4, -0.2) is 16.0 Å². The van der Waals surface area contributed by atoms with Gasteiger partial charge in [0, 0.05) is 11.9 Å². The van der Waals surface area contributed by atoms with Gasteiger partial charge in [-0.3, -0.25) is 4.79 Å². The molecular formula is C11H10N2O2. The molecular weight excluding hydrogens is 192 g/mol. The second-order valence-electron chi connectivity index (χ2n) is 3.08. The summed E-state index contributed by atoms with van der Waals surface area (Å²) in [6, 6.07) is 9.75. The predicted octanol–water partition coefficient (Wildman–Crippen LogP) is 1.97. The lowest BCUT2D eigenvalue weighted by atomic mass is 10.3. The molecule has 1 heterocycles. The van der Waals surface area contributed by atoms with Gasteiger partial charge in [0.1, 0.15) is 11.4 Å². The largest absolute Gasteiger partial charge is 0.508 e. The number of amides is 1. The van der Waals surface area contributed by atoms with Crippen molar-refractivity contribution >= 4 is 11.6 Å². The number of carbonyl (C=O) groups is 1. The molecule has 0 saturated heterocycles. The maximum absolute atomic E-state index is 11.6. The van der Waals surface area contributed by atoms with Crippen LogP contribution < -0.4 is 5.32 Å². The van der Waals surface area contributed by atoms with Gasteiger partial charge in [-0.1, -0.05) is 0 Å². The van der Waals surface area contributed by atoms with E-state index in [-0.39, 0.29) is 11.7 Å². The number of phenolic OH excluding ortho intramolecular Hbond substituents is 1.